The van der Waals surface area contributed by atoms with Crippen molar-refractivity contribution in [1.82, 2.24) is 0 Å². The van der Waals surface area contributed by atoms with E-state index in [9.17, 15) is 20.1 Å². The van der Waals surface area contributed by atoms with Gasteiger partial charge in [0.2, 0.25) is 0 Å². The molecule has 3 N–H and O–H groups in total. The van der Waals surface area contributed by atoms with Gasteiger partial charge < -0.3 is 15.3 Å². The van der Waals surface area contributed by atoms with E-state index < -0.39 is 23.2 Å². The Morgan fingerprint density at radius 2 is 1.91 bits per heavy atom. The average Bonchev–Trinajstić information content (AvgIpc) is 2.73. The van der Waals surface area contributed by atoms with Crippen LogP contribution in [0.1, 0.15) is 58.8 Å². The summed E-state index contributed by atoms with van der Waals surface area (Å²) < 4.78 is 0. The lowest BCUT2D eigenvalue weighted by molar-refractivity contribution is -0.185. The van der Waals surface area contributed by atoms with Gasteiger partial charge in [-0.3, -0.25) is 4.79 Å². The summed E-state index contributed by atoms with van der Waals surface area (Å²) in [6.07, 6.45) is 5.51. The zero-order valence-electron chi connectivity index (χ0n) is 14.1. The predicted molar refractivity (Wildman–Crippen MR) is 85.6 cm³/mol. The Kier molecular flexibility index (Phi) is 3.21. The molecule has 0 heterocycles. The number of ketones is 1. The van der Waals surface area contributed by atoms with Crippen molar-refractivity contribution in [2.24, 2.45) is 22.7 Å². The van der Waals surface area contributed by atoms with E-state index in [1.807, 2.05) is 6.92 Å². The van der Waals surface area contributed by atoms with Crippen LogP contribution in [0.2, 0.25) is 0 Å². The lowest BCUT2D eigenvalue weighted by Gasteiger charge is -2.60. The Morgan fingerprint density at radius 1 is 1.17 bits per heavy atom. The molecule has 0 aromatic rings. The molecule has 0 aromatic heterocycles. The maximum atomic E-state index is 12.4. The number of hydrogen-bond acceptors (Lipinski definition) is 4. The van der Waals surface area contributed by atoms with Crippen molar-refractivity contribution in [3.8, 4) is 0 Å². The minimum Gasteiger partial charge on any atom is -0.393 e. The van der Waals surface area contributed by atoms with Gasteiger partial charge in [-0.15, -0.1) is 0 Å². The molecule has 0 aliphatic heterocycles. The van der Waals surface area contributed by atoms with E-state index in [0.717, 1.165) is 18.4 Å². The number of carbonyl (C=O) groups is 1. The molecule has 0 aromatic carbocycles. The zero-order chi connectivity index (χ0) is 16.6. The van der Waals surface area contributed by atoms with Crippen LogP contribution in [0, 0.1) is 22.7 Å². The molecule has 0 bridgehead atoms. The summed E-state index contributed by atoms with van der Waals surface area (Å²) in [5.41, 5.74) is -0.769. The van der Waals surface area contributed by atoms with Gasteiger partial charge in [0.05, 0.1) is 23.2 Å². The standard InChI is InChI=1S/C19H28O4/c1-17-7-5-13-14(19(17,23)8-6-15(17)21)4-3-11-9-12(20)10-16(22)18(11,13)2/h3,12-14,16,20,22-23H,4-10H2,1-2H3/t12-,13+,14-,16+,17-,18+,19-/m1/s1. The van der Waals surface area contributed by atoms with Crippen molar-refractivity contribution in [1.29, 1.82) is 0 Å². The van der Waals surface area contributed by atoms with E-state index in [2.05, 4.69) is 13.0 Å². The topological polar surface area (TPSA) is 77.8 Å². The van der Waals surface area contributed by atoms with Gasteiger partial charge in [-0.2, -0.15) is 0 Å². The molecule has 128 valence electrons. The second kappa shape index (κ2) is 4.68. The summed E-state index contributed by atoms with van der Waals surface area (Å²) in [6.45, 7) is 4.05. The minimum atomic E-state index is -0.937. The number of allylic oxidation sites excluding steroid dienone is 1. The fraction of sp³-hybridized carbons (Fsp3) is 0.842. The molecule has 0 unspecified atom stereocenters. The smallest absolute Gasteiger partial charge is 0.141 e. The fourth-order valence-electron chi connectivity index (χ4n) is 6.43. The van der Waals surface area contributed by atoms with Crippen LogP contribution >= 0.6 is 0 Å². The largest absolute Gasteiger partial charge is 0.393 e. The number of rotatable bonds is 0. The van der Waals surface area contributed by atoms with E-state index in [0.29, 0.717) is 32.1 Å². The van der Waals surface area contributed by atoms with Crippen molar-refractivity contribution in [3.63, 3.8) is 0 Å². The molecule has 3 saturated carbocycles. The maximum Gasteiger partial charge on any atom is 0.141 e. The van der Waals surface area contributed by atoms with Crippen molar-refractivity contribution in [2.75, 3.05) is 0 Å². The number of fused-ring (bicyclic) bond motifs is 5. The van der Waals surface area contributed by atoms with Gasteiger partial charge in [-0.1, -0.05) is 18.6 Å². The summed E-state index contributed by atoms with van der Waals surface area (Å²) in [5, 5.41) is 32.3. The van der Waals surface area contributed by atoms with Crippen LogP contribution in [0.25, 0.3) is 0 Å². The van der Waals surface area contributed by atoms with E-state index >= 15 is 0 Å². The highest BCUT2D eigenvalue weighted by Crippen LogP contribution is 2.65. The fourth-order valence-corrected chi connectivity index (χ4v) is 6.43. The molecule has 0 radical (unpaired) electrons. The molecule has 0 saturated heterocycles. The van der Waals surface area contributed by atoms with Gasteiger partial charge in [0, 0.05) is 18.3 Å². The summed E-state index contributed by atoms with van der Waals surface area (Å²) in [7, 11) is 0. The predicted octanol–water partition coefficient (Wildman–Crippen LogP) is 1.96. The molecular formula is C19H28O4. The van der Waals surface area contributed by atoms with Crippen LogP contribution in [0.3, 0.4) is 0 Å². The first-order valence-corrected chi connectivity index (χ1v) is 9.05. The first-order chi connectivity index (χ1) is 10.7. The Balaban J connectivity index is 1.78. The van der Waals surface area contributed by atoms with Crippen LogP contribution in [0.15, 0.2) is 11.6 Å². The van der Waals surface area contributed by atoms with Crippen LogP contribution in [0.5, 0.6) is 0 Å². The molecule has 0 spiro atoms. The molecule has 4 aliphatic carbocycles. The van der Waals surface area contributed by atoms with E-state index in [1.54, 1.807) is 0 Å². The van der Waals surface area contributed by atoms with Gasteiger partial charge in [-0.05, 0) is 50.9 Å². The Labute approximate surface area is 137 Å². The highest BCUT2D eigenvalue weighted by atomic mass is 16.3. The second-order valence-electron chi connectivity index (χ2n) is 8.79. The van der Waals surface area contributed by atoms with Gasteiger partial charge >= 0.3 is 0 Å². The summed E-state index contributed by atoms with van der Waals surface area (Å²) in [5.74, 6) is 0.429. The second-order valence-corrected chi connectivity index (χ2v) is 8.79. The molecule has 3 fully saturated rings. The SMILES string of the molecule is C[C@]12C(=CC[C@@H]3[C@@H]1CC[C@]1(C)C(=O)CC[C@@]31O)C[C@@H](O)C[C@@H]2O. The summed E-state index contributed by atoms with van der Waals surface area (Å²) in [4.78, 5) is 12.4. The molecule has 4 aliphatic rings. The molecule has 23 heavy (non-hydrogen) atoms. The van der Waals surface area contributed by atoms with Gasteiger partial charge in [0.1, 0.15) is 5.78 Å². The van der Waals surface area contributed by atoms with E-state index in [-0.39, 0.29) is 23.0 Å². The third-order valence-electron chi connectivity index (χ3n) is 8.08. The Hall–Kier alpha value is -0.710. The lowest BCUT2D eigenvalue weighted by Crippen LogP contribution is -2.62. The number of carbonyl (C=O) groups excluding carboxylic acids is 1. The van der Waals surface area contributed by atoms with E-state index in [4.69, 9.17) is 0 Å². The summed E-state index contributed by atoms with van der Waals surface area (Å²) in [6, 6.07) is 0. The van der Waals surface area contributed by atoms with Crippen LogP contribution in [0.4, 0.5) is 0 Å². The van der Waals surface area contributed by atoms with Gasteiger partial charge in [0.15, 0.2) is 0 Å². The molecule has 0 amide bonds. The van der Waals surface area contributed by atoms with Crippen LogP contribution in [-0.2, 0) is 4.79 Å². The molecule has 7 atom stereocenters. The van der Waals surface area contributed by atoms with Crippen molar-refractivity contribution >= 4 is 5.78 Å². The number of aliphatic hydroxyl groups excluding tert-OH is 2. The first kappa shape index (κ1) is 15.8. The van der Waals surface area contributed by atoms with Crippen LogP contribution < -0.4 is 0 Å². The third kappa shape index (κ3) is 1.75. The number of hydrogen-bond donors (Lipinski definition) is 3. The average molecular weight is 320 g/mol. The van der Waals surface area contributed by atoms with Gasteiger partial charge in [0.25, 0.3) is 0 Å². The summed E-state index contributed by atoms with van der Waals surface area (Å²) >= 11 is 0. The normalized spacial score (nSPS) is 55.7. The maximum absolute atomic E-state index is 12.4. The number of aliphatic hydroxyl groups is 3. The van der Waals surface area contributed by atoms with Crippen molar-refractivity contribution in [3.05, 3.63) is 11.6 Å². The van der Waals surface area contributed by atoms with Gasteiger partial charge in [-0.25, -0.2) is 0 Å². The highest BCUT2D eigenvalue weighted by Gasteiger charge is 2.67. The molecule has 4 heteroatoms. The van der Waals surface area contributed by atoms with E-state index in [1.165, 1.54) is 0 Å². The van der Waals surface area contributed by atoms with Crippen LogP contribution in [-0.4, -0.2) is 38.9 Å². The Morgan fingerprint density at radius 3 is 2.65 bits per heavy atom. The monoisotopic (exact) mass is 320 g/mol. The molecule has 4 rings (SSSR count). The minimum absolute atomic E-state index is 0.0337. The molecule has 4 nitrogen and oxygen atoms in total. The highest BCUT2D eigenvalue weighted by molar-refractivity contribution is 5.88. The third-order valence-corrected chi connectivity index (χ3v) is 8.08. The van der Waals surface area contributed by atoms with Crippen molar-refractivity contribution in [2.45, 2.75) is 76.6 Å². The Bertz CT molecular complexity index is 584. The zero-order valence-corrected chi connectivity index (χ0v) is 14.1. The van der Waals surface area contributed by atoms with Crippen molar-refractivity contribution < 1.29 is 20.1 Å². The number of Topliss-reactive ketones (excluding diaryl/α,β-unsaturated/α-hetero) is 1. The quantitative estimate of drug-likeness (QED) is 0.596. The lowest BCUT2D eigenvalue weighted by atomic mass is 9.46. The molecular weight excluding hydrogens is 292 g/mol. The first-order valence-electron chi connectivity index (χ1n) is 9.05.